The number of piperidine rings is 1. The van der Waals surface area contributed by atoms with E-state index in [0.29, 0.717) is 5.92 Å². The molecule has 1 N–H and O–H groups in total. The summed E-state index contributed by atoms with van der Waals surface area (Å²) in [5.41, 5.74) is 1.38. The maximum Gasteiger partial charge on any atom is 0.292 e. The van der Waals surface area contributed by atoms with Crippen molar-refractivity contribution < 1.29 is 23.6 Å². The van der Waals surface area contributed by atoms with Crippen molar-refractivity contribution in [1.29, 1.82) is 0 Å². The molecule has 2 aromatic carbocycles. The number of methoxy groups -OCH3 is 1. The number of nitrogens with zero attached hydrogens (tertiary/aromatic N) is 1. The van der Waals surface area contributed by atoms with Gasteiger partial charge in [0.15, 0.2) is 6.04 Å². The molecule has 2 aromatic rings. The van der Waals surface area contributed by atoms with E-state index in [0.717, 1.165) is 54.3 Å². The van der Waals surface area contributed by atoms with E-state index in [-0.39, 0.29) is 30.0 Å². The first-order valence-electron chi connectivity index (χ1n) is 10.7. The number of likely N-dealkylation sites (tertiary alicyclic amines) is 1. The van der Waals surface area contributed by atoms with Crippen molar-refractivity contribution in [2.75, 3.05) is 25.1 Å². The monoisotopic (exact) mass is 411 g/mol. The summed E-state index contributed by atoms with van der Waals surface area (Å²) in [4.78, 5) is 27.6. The lowest BCUT2D eigenvalue weighted by atomic mass is 9.90. The number of amides is 2. The Morgan fingerprint density at radius 2 is 1.77 bits per heavy atom. The van der Waals surface area contributed by atoms with Crippen LogP contribution in [0.2, 0.25) is 0 Å². The summed E-state index contributed by atoms with van der Waals surface area (Å²) < 4.78 is 19.3. The minimum absolute atomic E-state index is 0.0729. The molecular formula is C24H28FN2O3+. The smallest absolute Gasteiger partial charge is 0.292 e. The zero-order valence-corrected chi connectivity index (χ0v) is 17.3. The van der Waals surface area contributed by atoms with Crippen LogP contribution in [0, 0.1) is 11.7 Å². The van der Waals surface area contributed by atoms with Gasteiger partial charge in [-0.2, -0.15) is 0 Å². The quantitative estimate of drug-likeness (QED) is 0.743. The number of hydrogen-bond donors (Lipinski definition) is 1. The van der Waals surface area contributed by atoms with Crippen molar-refractivity contribution in [3.63, 3.8) is 0 Å². The predicted octanol–water partition coefficient (Wildman–Crippen LogP) is 2.39. The maximum atomic E-state index is 14.1. The first-order valence-corrected chi connectivity index (χ1v) is 10.7. The summed E-state index contributed by atoms with van der Waals surface area (Å²) in [6.07, 6.45) is 4.41. The number of imide groups is 1. The van der Waals surface area contributed by atoms with E-state index in [2.05, 4.69) is 12.1 Å². The van der Waals surface area contributed by atoms with Gasteiger partial charge in [-0.15, -0.1) is 0 Å². The number of hydrogen-bond acceptors (Lipinski definition) is 3. The average molecular weight is 411 g/mol. The van der Waals surface area contributed by atoms with Gasteiger partial charge in [-0.3, -0.25) is 9.59 Å². The molecule has 2 heterocycles. The van der Waals surface area contributed by atoms with Crippen LogP contribution in [0.4, 0.5) is 10.1 Å². The van der Waals surface area contributed by atoms with Crippen LogP contribution in [0.3, 0.4) is 0 Å². The first-order chi connectivity index (χ1) is 14.6. The van der Waals surface area contributed by atoms with Crippen molar-refractivity contribution in [2.45, 2.75) is 38.1 Å². The fraction of sp³-hybridized carbons (Fsp3) is 0.417. The second-order valence-electron chi connectivity index (χ2n) is 8.26. The molecule has 6 heteroatoms. The van der Waals surface area contributed by atoms with E-state index in [1.165, 1.54) is 17.7 Å². The third-order valence-corrected chi connectivity index (χ3v) is 6.48. The molecule has 0 aliphatic carbocycles. The molecule has 4 rings (SSSR count). The predicted molar refractivity (Wildman–Crippen MR) is 112 cm³/mol. The number of carbonyl (C=O) groups is 2. The van der Waals surface area contributed by atoms with E-state index in [4.69, 9.17) is 4.74 Å². The van der Waals surface area contributed by atoms with Gasteiger partial charge in [-0.05, 0) is 61.4 Å². The molecule has 5 nitrogen and oxygen atoms in total. The van der Waals surface area contributed by atoms with Gasteiger partial charge >= 0.3 is 0 Å². The molecule has 30 heavy (non-hydrogen) atoms. The number of quaternary nitrogens is 1. The number of halogens is 1. The Labute approximate surface area is 176 Å². The lowest BCUT2D eigenvalue weighted by Crippen LogP contribution is -3.17. The van der Waals surface area contributed by atoms with Crippen LogP contribution in [0.25, 0.3) is 0 Å². The van der Waals surface area contributed by atoms with Crippen molar-refractivity contribution in [1.82, 2.24) is 0 Å². The standard InChI is InChI=1S/C24H27FN2O3/c1-30-19-10-8-17(9-11-19)6-7-18-12-14-26(15-13-18)22-16-23(28)27(24(22)29)21-5-3-2-4-20(21)25/h2-5,8-11,18,22H,6-7,12-16H2,1H3/p+1/t22-/m0/s1. The Hall–Kier alpha value is -2.73. The number of anilines is 1. The van der Waals surface area contributed by atoms with E-state index in [1.807, 2.05) is 12.1 Å². The largest absolute Gasteiger partial charge is 0.497 e. The fourth-order valence-corrected chi connectivity index (χ4v) is 4.69. The number of rotatable bonds is 6. The molecule has 0 radical (unpaired) electrons. The summed E-state index contributed by atoms with van der Waals surface area (Å²) in [7, 11) is 1.67. The maximum absolute atomic E-state index is 14.1. The topological polar surface area (TPSA) is 51.1 Å². The Morgan fingerprint density at radius 3 is 2.43 bits per heavy atom. The molecule has 158 valence electrons. The van der Waals surface area contributed by atoms with Crippen molar-refractivity contribution in [3.05, 3.63) is 59.9 Å². The molecule has 2 aliphatic heterocycles. The van der Waals surface area contributed by atoms with Gasteiger partial charge in [0.25, 0.3) is 5.91 Å². The second-order valence-corrected chi connectivity index (χ2v) is 8.26. The van der Waals surface area contributed by atoms with Crippen LogP contribution >= 0.6 is 0 Å². The minimum atomic E-state index is -0.535. The highest BCUT2D eigenvalue weighted by Crippen LogP contribution is 2.25. The second kappa shape index (κ2) is 8.96. The van der Waals surface area contributed by atoms with Crippen LogP contribution < -0.4 is 14.5 Å². The number of ether oxygens (including phenoxy) is 1. The molecule has 0 saturated carbocycles. The highest BCUT2D eigenvalue weighted by Gasteiger charge is 2.47. The Bertz CT molecular complexity index is 907. The zero-order chi connectivity index (χ0) is 21.1. The van der Waals surface area contributed by atoms with Crippen LogP contribution in [0.15, 0.2) is 48.5 Å². The molecule has 0 aromatic heterocycles. The van der Waals surface area contributed by atoms with Crippen molar-refractivity contribution >= 4 is 17.5 Å². The molecule has 1 atom stereocenters. The number of para-hydroxylation sites is 1. The van der Waals surface area contributed by atoms with Crippen LogP contribution in [0.5, 0.6) is 5.75 Å². The lowest BCUT2D eigenvalue weighted by molar-refractivity contribution is -0.920. The highest BCUT2D eigenvalue weighted by atomic mass is 19.1. The Kier molecular flexibility index (Phi) is 6.13. The summed E-state index contributed by atoms with van der Waals surface area (Å²) >= 11 is 0. The zero-order valence-electron chi connectivity index (χ0n) is 17.3. The molecule has 0 bridgehead atoms. The third-order valence-electron chi connectivity index (χ3n) is 6.48. The van der Waals surface area contributed by atoms with Crippen molar-refractivity contribution in [3.8, 4) is 5.75 Å². The molecule has 2 fully saturated rings. The average Bonchev–Trinajstić information content (AvgIpc) is 3.07. The van der Waals surface area contributed by atoms with Gasteiger partial charge in [-0.25, -0.2) is 9.29 Å². The lowest BCUT2D eigenvalue weighted by Gasteiger charge is -2.32. The van der Waals surface area contributed by atoms with Crippen LogP contribution in [-0.4, -0.2) is 38.1 Å². The van der Waals surface area contributed by atoms with Gasteiger partial charge in [0.1, 0.15) is 11.6 Å². The Morgan fingerprint density at radius 1 is 1.07 bits per heavy atom. The van der Waals surface area contributed by atoms with E-state index < -0.39 is 5.82 Å². The number of carbonyl (C=O) groups excluding carboxylic acids is 2. The number of benzene rings is 2. The van der Waals surface area contributed by atoms with Crippen LogP contribution in [-0.2, 0) is 16.0 Å². The van der Waals surface area contributed by atoms with Gasteiger partial charge in [0.05, 0.1) is 32.3 Å². The molecule has 2 saturated heterocycles. The van der Waals surface area contributed by atoms with E-state index in [1.54, 1.807) is 19.2 Å². The van der Waals surface area contributed by atoms with Gasteiger partial charge in [0.2, 0.25) is 5.91 Å². The summed E-state index contributed by atoms with van der Waals surface area (Å²) in [5, 5.41) is 0. The van der Waals surface area contributed by atoms with Crippen molar-refractivity contribution in [2.24, 2.45) is 5.92 Å². The minimum Gasteiger partial charge on any atom is -0.497 e. The van der Waals surface area contributed by atoms with E-state index >= 15 is 0 Å². The summed E-state index contributed by atoms with van der Waals surface area (Å²) in [6.45, 7) is 1.75. The Balaban J connectivity index is 1.31. The van der Waals surface area contributed by atoms with Crippen LogP contribution in [0.1, 0.15) is 31.2 Å². The number of aryl methyl sites for hydroxylation is 1. The summed E-state index contributed by atoms with van der Waals surface area (Å²) in [5.74, 6) is 0.398. The molecule has 0 unspecified atom stereocenters. The SMILES string of the molecule is COc1ccc(CCC2CC[NH+]([C@H]3CC(=O)N(c4ccccc4F)C3=O)CC2)cc1. The fourth-order valence-electron chi connectivity index (χ4n) is 4.69. The van der Waals surface area contributed by atoms with Gasteiger partial charge in [0, 0.05) is 0 Å². The van der Waals surface area contributed by atoms with Gasteiger partial charge in [-0.1, -0.05) is 24.3 Å². The number of nitrogens with one attached hydrogen (secondary N) is 1. The van der Waals surface area contributed by atoms with E-state index in [9.17, 15) is 14.0 Å². The summed E-state index contributed by atoms with van der Waals surface area (Å²) in [6, 6.07) is 13.8. The molecule has 2 amide bonds. The molecule has 2 aliphatic rings. The molecular weight excluding hydrogens is 383 g/mol. The van der Waals surface area contributed by atoms with Gasteiger partial charge < -0.3 is 9.64 Å². The third kappa shape index (κ3) is 4.24. The highest BCUT2D eigenvalue weighted by molar-refractivity contribution is 6.21. The normalized spacial score (nSPS) is 24.3. The first kappa shape index (κ1) is 20.5. The molecule has 0 spiro atoms.